The predicted molar refractivity (Wildman–Crippen MR) is 72.9 cm³/mol. The van der Waals surface area contributed by atoms with Crippen LogP contribution in [0.5, 0.6) is 0 Å². The first kappa shape index (κ1) is 14.8. The largest absolute Gasteiger partial charge is 0.394 e. The molecule has 5 heteroatoms. The molecule has 0 spiro atoms. The summed E-state index contributed by atoms with van der Waals surface area (Å²) in [6, 6.07) is 0. The average molecular weight is 270 g/mol. The van der Waals surface area contributed by atoms with Crippen molar-refractivity contribution >= 4 is 5.91 Å². The first-order valence-corrected chi connectivity index (χ1v) is 7.45. The standard InChI is InChI=1S/C14H26N2O3/c1-12-8-15(9-13(11-17)19-12)10-14(18)16-6-4-2-3-5-7-16/h12-13,17H,2-11H2,1H3. The molecule has 2 heterocycles. The molecule has 2 fully saturated rings. The number of carbonyl (C=O) groups excluding carboxylic acids is 1. The van der Waals surface area contributed by atoms with Crippen LogP contribution in [0.2, 0.25) is 0 Å². The maximum atomic E-state index is 12.3. The van der Waals surface area contributed by atoms with E-state index in [-0.39, 0.29) is 24.7 Å². The van der Waals surface area contributed by atoms with Crippen molar-refractivity contribution in [3.8, 4) is 0 Å². The fourth-order valence-corrected chi connectivity index (χ4v) is 2.98. The van der Waals surface area contributed by atoms with Crippen molar-refractivity contribution in [1.82, 2.24) is 9.80 Å². The molecule has 2 saturated heterocycles. The Morgan fingerprint density at radius 1 is 1.21 bits per heavy atom. The van der Waals surface area contributed by atoms with Crippen LogP contribution in [0, 0.1) is 0 Å². The number of hydrogen-bond donors (Lipinski definition) is 1. The third-order valence-corrected chi connectivity index (χ3v) is 3.92. The Bertz CT molecular complexity index is 290. The second-order valence-electron chi connectivity index (χ2n) is 5.74. The van der Waals surface area contributed by atoms with Gasteiger partial charge >= 0.3 is 0 Å². The minimum atomic E-state index is -0.152. The minimum Gasteiger partial charge on any atom is -0.394 e. The van der Waals surface area contributed by atoms with Crippen molar-refractivity contribution < 1.29 is 14.6 Å². The van der Waals surface area contributed by atoms with E-state index in [1.165, 1.54) is 12.8 Å². The van der Waals surface area contributed by atoms with Crippen LogP contribution in [0.3, 0.4) is 0 Å². The van der Waals surface area contributed by atoms with E-state index >= 15 is 0 Å². The summed E-state index contributed by atoms with van der Waals surface area (Å²) >= 11 is 0. The van der Waals surface area contributed by atoms with Gasteiger partial charge < -0.3 is 14.7 Å². The summed E-state index contributed by atoms with van der Waals surface area (Å²) in [5.41, 5.74) is 0. The van der Waals surface area contributed by atoms with Gasteiger partial charge in [0.05, 0.1) is 25.4 Å². The third-order valence-electron chi connectivity index (χ3n) is 3.92. The molecule has 2 unspecified atom stereocenters. The van der Waals surface area contributed by atoms with Gasteiger partial charge in [-0.15, -0.1) is 0 Å². The molecule has 0 aliphatic carbocycles. The fraction of sp³-hybridized carbons (Fsp3) is 0.929. The lowest BCUT2D eigenvalue weighted by Gasteiger charge is -2.36. The van der Waals surface area contributed by atoms with E-state index < -0.39 is 0 Å². The fourth-order valence-electron chi connectivity index (χ4n) is 2.98. The first-order chi connectivity index (χ1) is 9.19. The smallest absolute Gasteiger partial charge is 0.236 e. The number of likely N-dealkylation sites (tertiary alicyclic amines) is 1. The van der Waals surface area contributed by atoms with Crippen LogP contribution in [0.15, 0.2) is 0 Å². The Morgan fingerprint density at radius 3 is 2.53 bits per heavy atom. The van der Waals surface area contributed by atoms with Gasteiger partial charge in [0, 0.05) is 26.2 Å². The van der Waals surface area contributed by atoms with Crippen LogP contribution in [0.25, 0.3) is 0 Å². The SMILES string of the molecule is CC1CN(CC(=O)N2CCCCCC2)CC(CO)O1. The van der Waals surface area contributed by atoms with E-state index in [2.05, 4.69) is 4.90 Å². The van der Waals surface area contributed by atoms with Crippen molar-refractivity contribution in [1.29, 1.82) is 0 Å². The Hall–Kier alpha value is -0.650. The summed E-state index contributed by atoms with van der Waals surface area (Å²) in [5, 5.41) is 9.20. The van der Waals surface area contributed by atoms with Gasteiger partial charge in [-0.25, -0.2) is 0 Å². The Morgan fingerprint density at radius 2 is 1.89 bits per heavy atom. The highest BCUT2D eigenvalue weighted by Gasteiger charge is 2.27. The number of carbonyl (C=O) groups is 1. The number of amides is 1. The number of nitrogens with zero attached hydrogens (tertiary/aromatic N) is 2. The Labute approximate surface area is 115 Å². The zero-order valence-electron chi connectivity index (χ0n) is 11.9. The molecule has 2 aliphatic heterocycles. The molecule has 1 amide bonds. The lowest BCUT2D eigenvalue weighted by Crippen LogP contribution is -2.51. The van der Waals surface area contributed by atoms with Gasteiger partial charge in [0.1, 0.15) is 0 Å². The highest BCUT2D eigenvalue weighted by atomic mass is 16.5. The van der Waals surface area contributed by atoms with E-state index in [1.807, 2.05) is 11.8 Å². The predicted octanol–water partition coefficient (Wildman–Crippen LogP) is 0.471. The molecule has 5 nitrogen and oxygen atoms in total. The molecule has 0 aromatic heterocycles. The first-order valence-electron chi connectivity index (χ1n) is 7.45. The monoisotopic (exact) mass is 270 g/mol. The number of hydrogen-bond acceptors (Lipinski definition) is 4. The van der Waals surface area contributed by atoms with E-state index in [9.17, 15) is 9.90 Å². The maximum absolute atomic E-state index is 12.3. The molecule has 0 aromatic carbocycles. The van der Waals surface area contributed by atoms with Crippen LogP contribution < -0.4 is 0 Å². The van der Waals surface area contributed by atoms with Gasteiger partial charge in [0.15, 0.2) is 0 Å². The van der Waals surface area contributed by atoms with Gasteiger partial charge in [-0.2, -0.15) is 0 Å². The maximum Gasteiger partial charge on any atom is 0.236 e. The van der Waals surface area contributed by atoms with Crippen molar-refractivity contribution in [3.05, 3.63) is 0 Å². The molecule has 19 heavy (non-hydrogen) atoms. The van der Waals surface area contributed by atoms with Gasteiger partial charge in [-0.1, -0.05) is 12.8 Å². The molecule has 0 bridgehead atoms. The van der Waals surface area contributed by atoms with Crippen LogP contribution in [-0.2, 0) is 9.53 Å². The molecular formula is C14H26N2O3. The molecule has 0 aromatic rings. The highest BCUT2D eigenvalue weighted by molar-refractivity contribution is 5.78. The summed E-state index contributed by atoms with van der Waals surface area (Å²) in [6.07, 6.45) is 4.67. The molecule has 2 rings (SSSR count). The average Bonchev–Trinajstić information content (AvgIpc) is 2.66. The van der Waals surface area contributed by atoms with Crippen LogP contribution >= 0.6 is 0 Å². The van der Waals surface area contributed by atoms with Gasteiger partial charge in [0.2, 0.25) is 5.91 Å². The second kappa shape index (κ2) is 7.22. The zero-order chi connectivity index (χ0) is 13.7. The summed E-state index contributed by atoms with van der Waals surface area (Å²) in [6.45, 7) is 5.72. The van der Waals surface area contributed by atoms with Crippen LogP contribution in [-0.4, -0.2) is 72.4 Å². The van der Waals surface area contributed by atoms with Crippen LogP contribution in [0.4, 0.5) is 0 Å². The summed E-state index contributed by atoms with van der Waals surface area (Å²) in [5.74, 6) is 0.229. The molecule has 0 radical (unpaired) electrons. The lowest BCUT2D eigenvalue weighted by atomic mass is 10.2. The van der Waals surface area contributed by atoms with Gasteiger partial charge in [-0.3, -0.25) is 9.69 Å². The molecule has 2 atom stereocenters. The molecule has 110 valence electrons. The van der Waals surface area contributed by atoms with E-state index in [4.69, 9.17) is 4.74 Å². The highest BCUT2D eigenvalue weighted by Crippen LogP contribution is 2.13. The van der Waals surface area contributed by atoms with Crippen molar-refractivity contribution in [2.75, 3.05) is 39.3 Å². The Kier molecular flexibility index (Phi) is 5.60. The quantitative estimate of drug-likeness (QED) is 0.810. The zero-order valence-corrected chi connectivity index (χ0v) is 11.9. The topological polar surface area (TPSA) is 53.0 Å². The number of morpholine rings is 1. The van der Waals surface area contributed by atoms with Crippen molar-refractivity contribution in [3.63, 3.8) is 0 Å². The summed E-state index contributed by atoms with van der Waals surface area (Å²) < 4.78 is 5.60. The van der Waals surface area contributed by atoms with E-state index in [1.54, 1.807) is 0 Å². The number of aliphatic hydroxyl groups excluding tert-OH is 1. The number of rotatable bonds is 3. The third kappa shape index (κ3) is 4.44. The van der Waals surface area contributed by atoms with Crippen molar-refractivity contribution in [2.45, 2.75) is 44.8 Å². The molecular weight excluding hydrogens is 244 g/mol. The molecule has 2 aliphatic rings. The molecule has 0 saturated carbocycles. The van der Waals surface area contributed by atoms with Gasteiger partial charge in [-0.05, 0) is 19.8 Å². The summed E-state index contributed by atoms with van der Waals surface area (Å²) in [7, 11) is 0. The number of ether oxygens (including phenoxy) is 1. The number of aliphatic hydroxyl groups is 1. The Balaban J connectivity index is 1.83. The normalized spacial score (nSPS) is 30.1. The molecule has 1 N–H and O–H groups in total. The van der Waals surface area contributed by atoms with E-state index in [0.717, 1.165) is 32.5 Å². The van der Waals surface area contributed by atoms with E-state index in [0.29, 0.717) is 13.1 Å². The second-order valence-corrected chi connectivity index (χ2v) is 5.74. The summed E-state index contributed by atoms with van der Waals surface area (Å²) in [4.78, 5) is 16.4. The van der Waals surface area contributed by atoms with Crippen molar-refractivity contribution in [2.24, 2.45) is 0 Å². The van der Waals surface area contributed by atoms with Crippen LogP contribution in [0.1, 0.15) is 32.6 Å². The minimum absolute atomic E-state index is 0.0265. The lowest BCUT2D eigenvalue weighted by molar-refractivity contribution is -0.137. The van der Waals surface area contributed by atoms with Gasteiger partial charge in [0.25, 0.3) is 0 Å².